The summed E-state index contributed by atoms with van der Waals surface area (Å²) in [7, 11) is 0. The molecule has 0 atom stereocenters. The molecule has 170 valence electrons. The highest BCUT2D eigenvalue weighted by atomic mass is 19.4. The van der Waals surface area contributed by atoms with Gasteiger partial charge in [0.1, 0.15) is 0 Å². The standard InChI is InChI=1S/C24H26F3N3O2/c1-15-9-11-30(12-10-15)21-8-7-19(14-20(21)23(32)28-18-5-6-18)29-22(31)16-3-2-4-17(13-16)24(25,26)27/h2-4,7-8,13-15,18H,5-6,9-12H2,1H3,(H,28,32)(H,29,31). The van der Waals surface area contributed by atoms with Gasteiger partial charge in [-0.05, 0) is 68.0 Å². The fourth-order valence-corrected chi connectivity index (χ4v) is 3.85. The maximum Gasteiger partial charge on any atom is 0.416 e. The number of nitrogens with one attached hydrogen (secondary N) is 2. The van der Waals surface area contributed by atoms with Crippen molar-refractivity contribution < 1.29 is 22.8 Å². The van der Waals surface area contributed by atoms with Gasteiger partial charge in [-0.2, -0.15) is 13.2 Å². The van der Waals surface area contributed by atoms with Crippen molar-refractivity contribution in [2.75, 3.05) is 23.3 Å². The fourth-order valence-electron chi connectivity index (χ4n) is 3.85. The number of amides is 2. The third-order valence-corrected chi connectivity index (χ3v) is 5.99. The molecule has 0 unspecified atom stereocenters. The zero-order valence-corrected chi connectivity index (χ0v) is 17.8. The number of halogens is 3. The molecule has 8 heteroatoms. The number of rotatable bonds is 5. The van der Waals surface area contributed by atoms with Crippen LogP contribution in [0.4, 0.5) is 24.5 Å². The molecular formula is C24H26F3N3O2. The van der Waals surface area contributed by atoms with E-state index in [1.165, 1.54) is 12.1 Å². The van der Waals surface area contributed by atoms with Crippen molar-refractivity contribution in [3.63, 3.8) is 0 Å². The first-order valence-corrected chi connectivity index (χ1v) is 10.9. The predicted octanol–water partition coefficient (Wildman–Crippen LogP) is 5.09. The first-order valence-electron chi connectivity index (χ1n) is 10.9. The highest BCUT2D eigenvalue weighted by Crippen LogP contribution is 2.31. The second kappa shape index (κ2) is 8.84. The maximum absolute atomic E-state index is 13.0. The van der Waals surface area contributed by atoms with E-state index >= 15 is 0 Å². The summed E-state index contributed by atoms with van der Waals surface area (Å²) in [4.78, 5) is 27.7. The van der Waals surface area contributed by atoms with E-state index in [-0.39, 0.29) is 17.5 Å². The van der Waals surface area contributed by atoms with Crippen LogP contribution < -0.4 is 15.5 Å². The number of benzene rings is 2. The van der Waals surface area contributed by atoms with E-state index in [0.29, 0.717) is 17.2 Å². The van der Waals surface area contributed by atoms with Crippen LogP contribution in [0, 0.1) is 5.92 Å². The molecule has 32 heavy (non-hydrogen) atoms. The first-order chi connectivity index (χ1) is 15.2. The minimum Gasteiger partial charge on any atom is -0.371 e. The Morgan fingerprint density at radius 3 is 2.34 bits per heavy atom. The minimum atomic E-state index is -4.53. The number of anilines is 2. The largest absolute Gasteiger partial charge is 0.416 e. The number of piperidine rings is 1. The molecule has 2 amide bonds. The normalized spacial score (nSPS) is 17.2. The number of carbonyl (C=O) groups excluding carboxylic acids is 2. The molecule has 1 aliphatic carbocycles. The van der Waals surface area contributed by atoms with Gasteiger partial charge in [0.25, 0.3) is 11.8 Å². The van der Waals surface area contributed by atoms with Crippen LogP contribution in [0.2, 0.25) is 0 Å². The lowest BCUT2D eigenvalue weighted by molar-refractivity contribution is -0.137. The Hall–Kier alpha value is -3.03. The van der Waals surface area contributed by atoms with Crippen molar-refractivity contribution in [2.24, 2.45) is 5.92 Å². The summed E-state index contributed by atoms with van der Waals surface area (Å²) >= 11 is 0. The van der Waals surface area contributed by atoms with Crippen LogP contribution >= 0.6 is 0 Å². The highest BCUT2D eigenvalue weighted by molar-refractivity contribution is 6.06. The molecule has 1 heterocycles. The van der Waals surface area contributed by atoms with E-state index in [1.54, 1.807) is 18.2 Å². The third kappa shape index (κ3) is 5.23. The average molecular weight is 445 g/mol. The quantitative estimate of drug-likeness (QED) is 0.674. The van der Waals surface area contributed by atoms with Gasteiger partial charge in [-0.25, -0.2) is 0 Å². The van der Waals surface area contributed by atoms with Crippen LogP contribution in [0.1, 0.15) is 58.9 Å². The van der Waals surface area contributed by atoms with Gasteiger partial charge in [0.05, 0.1) is 11.1 Å². The van der Waals surface area contributed by atoms with Gasteiger partial charge in [0.15, 0.2) is 0 Å². The molecule has 2 aliphatic rings. The van der Waals surface area contributed by atoms with E-state index < -0.39 is 17.6 Å². The van der Waals surface area contributed by atoms with E-state index in [0.717, 1.165) is 56.6 Å². The van der Waals surface area contributed by atoms with Gasteiger partial charge in [-0.15, -0.1) is 0 Å². The molecule has 1 saturated carbocycles. The second-order valence-electron chi connectivity index (χ2n) is 8.68. The minimum absolute atomic E-state index is 0.0992. The average Bonchev–Trinajstić information content (AvgIpc) is 3.58. The lowest BCUT2D eigenvalue weighted by atomic mass is 9.97. The first kappa shape index (κ1) is 22.2. The molecule has 2 aromatic carbocycles. The van der Waals surface area contributed by atoms with Crippen LogP contribution in [0.5, 0.6) is 0 Å². The topological polar surface area (TPSA) is 61.4 Å². The zero-order valence-electron chi connectivity index (χ0n) is 17.8. The lowest BCUT2D eigenvalue weighted by Crippen LogP contribution is -2.35. The Morgan fingerprint density at radius 2 is 1.69 bits per heavy atom. The number of nitrogens with zero attached hydrogens (tertiary/aromatic N) is 1. The Bertz CT molecular complexity index is 1010. The Balaban J connectivity index is 1.57. The van der Waals surface area contributed by atoms with Crippen molar-refractivity contribution in [3.8, 4) is 0 Å². The lowest BCUT2D eigenvalue weighted by Gasteiger charge is -2.33. The second-order valence-corrected chi connectivity index (χ2v) is 8.68. The highest BCUT2D eigenvalue weighted by Gasteiger charge is 2.31. The van der Waals surface area contributed by atoms with Crippen molar-refractivity contribution in [1.29, 1.82) is 0 Å². The summed E-state index contributed by atoms with van der Waals surface area (Å²) in [5.41, 5.74) is 0.658. The van der Waals surface area contributed by atoms with Crippen molar-refractivity contribution >= 4 is 23.2 Å². The van der Waals surface area contributed by atoms with Gasteiger partial charge < -0.3 is 15.5 Å². The van der Waals surface area contributed by atoms with Crippen molar-refractivity contribution in [2.45, 2.75) is 44.8 Å². The summed E-state index contributed by atoms with van der Waals surface area (Å²) in [5.74, 6) is -0.221. The molecule has 0 spiro atoms. The molecule has 1 saturated heterocycles. The van der Waals surface area contributed by atoms with Gasteiger partial charge >= 0.3 is 6.18 Å². The number of hydrogen-bond acceptors (Lipinski definition) is 3. The number of hydrogen-bond donors (Lipinski definition) is 2. The van der Waals surface area contributed by atoms with Gasteiger partial charge in [-0.3, -0.25) is 9.59 Å². The molecule has 0 radical (unpaired) electrons. The fraction of sp³-hybridized carbons (Fsp3) is 0.417. The summed E-state index contributed by atoms with van der Waals surface area (Å²) in [6, 6.07) is 9.55. The molecule has 2 aromatic rings. The van der Waals surface area contributed by atoms with Crippen LogP contribution in [-0.2, 0) is 6.18 Å². The SMILES string of the molecule is CC1CCN(c2ccc(NC(=O)c3cccc(C(F)(F)F)c3)cc2C(=O)NC2CC2)CC1. The Morgan fingerprint density at radius 1 is 0.969 bits per heavy atom. The molecule has 5 nitrogen and oxygen atoms in total. The van der Waals surface area contributed by atoms with E-state index in [4.69, 9.17) is 0 Å². The third-order valence-electron chi connectivity index (χ3n) is 5.99. The predicted molar refractivity (Wildman–Crippen MR) is 117 cm³/mol. The van der Waals surface area contributed by atoms with E-state index in [2.05, 4.69) is 22.5 Å². The molecule has 1 aliphatic heterocycles. The summed E-state index contributed by atoms with van der Waals surface area (Å²) in [5, 5.41) is 5.62. The van der Waals surface area contributed by atoms with E-state index in [1.807, 2.05) is 0 Å². The maximum atomic E-state index is 13.0. The van der Waals surface area contributed by atoms with Crippen LogP contribution in [0.15, 0.2) is 42.5 Å². The molecule has 0 bridgehead atoms. The smallest absolute Gasteiger partial charge is 0.371 e. The summed E-state index contributed by atoms with van der Waals surface area (Å²) in [6.07, 6.45) is -0.546. The van der Waals surface area contributed by atoms with Crippen molar-refractivity contribution in [3.05, 3.63) is 59.2 Å². The van der Waals surface area contributed by atoms with Crippen LogP contribution in [0.25, 0.3) is 0 Å². The van der Waals surface area contributed by atoms with Crippen LogP contribution in [0.3, 0.4) is 0 Å². The molecule has 4 rings (SSSR count). The molecular weight excluding hydrogens is 419 g/mol. The summed E-state index contributed by atoms with van der Waals surface area (Å²) < 4.78 is 38.9. The number of carbonyl (C=O) groups is 2. The van der Waals surface area contributed by atoms with Gasteiger partial charge in [-0.1, -0.05) is 13.0 Å². The molecule has 2 fully saturated rings. The summed E-state index contributed by atoms with van der Waals surface area (Å²) in [6.45, 7) is 3.91. The zero-order chi connectivity index (χ0) is 22.9. The number of alkyl halides is 3. The molecule has 2 N–H and O–H groups in total. The van der Waals surface area contributed by atoms with Gasteiger partial charge in [0.2, 0.25) is 0 Å². The van der Waals surface area contributed by atoms with E-state index in [9.17, 15) is 22.8 Å². The Kier molecular flexibility index (Phi) is 6.13. The monoisotopic (exact) mass is 445 g/mol. The van der Waals surface area contributed by atoms with Crippen molar-refractivity contribution in [1.82, 2.24) is 5.32 Å². The van der Waals surface area contributed by atoms with Crippen LogP contribution in [-0.4, -0.2) is 30.9 Å². The molecule has 0 aromatic heterocycles. The van der Waals surface area contributed by atoms with Gasteiger partial charge in [0, 0.05) is 36.1 Å². The Labute approximate surface area is 185 Å².